The van der Waals surface area contributed by atoms with Crippen LogP contribution in [-0.2, 0) is 21.4 Å². The van der Waals surface area contributed by atoms with Crippen molar-refractivity contribution in [1.29, 1.82) is 0 Å². The van der Waals surface area contributed by atoms with Crippen LogP contribution < -0.4 is 4.74 Å². The first-order chi connectivity index (χ1) is 13.8. The molecule has 9 heteroatoms. The largest absolute Gasteiger partial charge is 0.493 e. The van der Waals surface area contributed by atoms with Crippen LogP contribution in [0.3, 0.4) is 0 Å². The van der Waals surface area contributed by atoms with E-state index in [9.17, 15) is 8.42 Å². The van der Waals surface area contributed by atoms with Crippen molar-refractivity contribution < 1.29 is 17.9 Å². The molecule has 0 spiro atoms. The standard InChI is InChI=1S/C20H30N4O4S/c1-15(2)16-5-7-18(8-6-16)27-11-9-17-13-19(22-21-17)20-14-24(10-12-28-20)29(25,26)23(3)4/h5-8,13,15,20H,9-12,14H2,1-4H3,(H,21,22). The number of nitrogens with one attached hydrogen (secondary N) is 1. The summed E-state index contributed by atoms with van der Waals surface area (Å²) < 4.78 is 38.9. The number of nitrogens with zero attached hydrogens (tertiary/aromatic N) is 3. The normalized spacial score (nSPS) is 18.5. The average Bonchev–Trinajstić information content (AvgIpc) is 3.17. The maximum absolute atomic E-state index is 12.4. The summed E-state index contributed by atoms with van der Waals surface area (Å²) in [7, 11) is -0.398. The van der Waals surface area contributed by atoms with Crippen LogP contribution in [0.4, 0.5) is 0 Å². The topological polar surface area (TPSA) is 87.8 Å². The van der Waals surface area contributed by atoms with Gasteiger partial charge in [0.15, 0.2) is 0 Å². The maximum Gasteiger partial charge on any atom is 0.281 e. The number of hydrogen-bond acceptors (Lipinski definition) is 5. The lowest BCUT2D eigenvalue weighted by Gasteiger charge is -2.32. The third-order valence-electron chi connectivity index (χ3n) is 4.98. The Kier molecular flexibility index (Phi) is 6.94. The van der Waals surface area contributed by atoms with E-state index in [1.165, 1.54) is 28.3 Å². The molecule has 1 aromatic heterocycles. The fraction of sp³-hybridized carbons (Fsp3) is 0.550. The molecule has 8 nitrogen and oxygen atoms in total. The summed E-state index contributed by atoms with van der Waals surface area (Å²) in [6.07, 6.45) is 0.290. The lowest BCUT2D eigenvalue weighted by Crippen LogP contribution is -2.47. The van der Waals surface area contributed by atoms with Gasteiger partial charge >= 0.3 is 0 Å². The second-order valence-corrected chi connectivity index (χ2v) is 9.79. The highest BCUT2D eigenvalue weighted by Gasteiger charge is 2.32. The van der Waals surface area contributed by atoms with E-state index in [4.69, 9.17) is 9.47 Å². The van der Waals surface area contributed by atoms with Crippen LogP contribution >= 0.6 is 0 Å². The molecule has 1 aromatic carbocycles. The maximum atomic E-state index is 12.4. The van der Waals surface area contributed by atoms with E-state index in [-0.39, 0.29) is 12.6 Å². The zero-order valence-electron chi connectivity index (χ0n) is 17.5. The molecule has 0 amide bonds. The van der Waals surface area contributed by atoms with E-state index in [1.54, 1.807) is 0 Å². The zero-order chi connectivity index (χ0) is 21.0. The van der Waals surface area contributed by atoms with Gasteiger partial charge in [-0.1, -0.05) is 26.0 Å². The van der Waals surface area contributed by atoms with Crippen LogP contribution in [0, 0.1) is 0 Å². The predicted molar refractivity (Wildman–Crippen MR) is 111 cm³/mol. The summed E-state index contributed by atoms with van der Waals surface area (Å²) in [5.74, 6) is 1.34. The van der Waals surface area contributed by atoms with Gasteiger partial charge in [-0.15, -0.1) is 0 Å². The molecular formula is C20H30N4O4S. The molecule has 0 radical (unpaired) electrons. The molecule has 1 fully saturated rings. The Balaban J connectivity index is 1.54. The van der Waals surface area contributed by atoms with Crippen LogP contribution in [0.1, 0.15) is 42.8 Å². The number of ether oxygens (including phenoxy) is 2. The lowest BCUT2D eigenvalue weighted by molar-refractivity contribution is -0.00625. The van der Waals surface area contributed by atoms with Crippen molar-refractivity contribution in [3.63, 3.8) is 0 Å². The van der Waals surface area contributed by atoms with Crippen LogP contribution in [0.5, 0.6) is 5.75 Å². The molecule has 0 saturated carbocycles. The zero-order valence-corrected chi connectivity index (χ0v) is 18.3. The van der Waals surface area contributed by atoms with Gasteiger partial charge in [-0.3, -0.25) is 5.10 Å². The first kappa shape index (κ1) is 21.8. The van der Waals surface area contributed by atoms with Crippen molar-refractivity contribution in [3.05, 3.63) is 47.3 Å². The van der Waals surface area contributed by atoms with E-state index in [1.807, 2.05) is 18.2 Å². The minimum Gasteiger partial charge on any atom is -0.493 e. The molecule has 29 heavy (non-hydrogen) atoms. The van der Waals surface area contributed by atoms with E-state index in [0.717, 1.165) is 11.4 Å². The number of aromatic nitrogens is 2. The van der Waals surface area contributed by atoms with Crippen molar-refractivity contribution in [2.45, 2.75) is 32.3 Å². The SMILES string of the molecule is CC(C)c1ccc(OCCc2cc(C3CN(S(=O)(=O)N(C)C)CCO3)n[nH]2)cc1. The summed E-state index contributed by atoms with van der Waals surface area (Å²) in [5.41, 5.74) is 2.92. The molecule has 1 saturated heterocycles. The quantitative estimate of drug-likeness (QED) is 0.705. The fourth-order valence-corrected chi connectivity index (χ4v) is 4.24. The fourth-order valence-electron chi connectivity index (χ4n) is 3.15. The third kappa shape index (κ3) is 5.36. The lowest BCUT2D eigenvalue weighted by atomic mass is 10.0. The molecule has 3 rings (SSSR count). The summed E-state index contributed by atoms with van der Waals surface area (Å²) in [5, 5.41) is 7.32. The highest BCUT2D eigenvalue weighted by atomic mass is 32.2. The summed E-state index contributed by atoms with van der Waals surface area (Å²) in [6.45, 7) is 5.79. The van der Waals surface area contributed by atoms with Crippen molar-refractivity contribution >= 4 is 10.2 Å². The number of morpholine rings is 1. The highest BCUT2D eigenvalue weighted by Crippen LogP contribution is 2.24. The predicted octanol–water partition coefficient (Wildman–Crippen LogP) is 2.33. The van der Waals surface area contributed by atoms with E-state index >= 15 is 0 Å². The van der Waals surface area contributed by atoms with Crippen LogP contribution in [0.15, 0.2) is 30.3 Å². The van der Waals surface area contributed by atoms with Gasteiger partial charge in [0.2, 0.25) is 0 Å². The number of rotatable bonds is 8. The third-order valence-corrected chi connectivity index (χ3v) is 6.89. The van der Waals surface area contributed by atoms with Gasteiger partial charge in [-0.05, 0) is 29.7 Å². The molecule has 1 aliphatic heterocycles. The second-order valence-electron chi connectivity index (χ2n) is 7.65. The van der Waals surface area contributed by atoms with E-state index < -0.39 is 10.2 Å². The summed E-state index contributed by atoms with van der Waals surface area (Å²) in [4.78, 5) is 0. The Morgan fingerprint density at radius 1 is 1.31 bits per heavy atom. The van der Waals surface area contributed by atoms with Gasteiger partial charge in [-0.2, -0.15) is 22.1 Å². The molecule has 1 unspecified atom stereocenters. The van der Waals surface area contributed by atoms with Gasteiger partial charge in [0, 0.05) is 39.3 Å². The molecule has 2 heterocycles. The Hall–Kier alpha value is -1.94. The number of aromatic amines is 1. The monoisotopic (exact) mass is 422 g/mol. The minimum atomic E-state index is -3.46. The summed E-state index contributed by atoms with van der Waals surface area (Å²) >= 11 is 0. The number of H-pyrrole nitrogens is 1. The van der Waals surface area contributed by atoms with Gasteiger partial charge in [0.05, 0.1) is 18.9 Å². The Morgan fingerprint density at radius 3 is 2.69 bits per heavy atom. The highest BCUT2D eigenvalue weighted by molar-refractivity contribution is 7.86. The molecule has 0 aliphatic carbocycles. The van der Waals surface area contributed by atoms with Crippen LogP contribution in [0.2, 0.25) is 0 Å². The molecule has 1 aliphatic rings. The van der Waals surface area contributed by atoms with Crippen molar-refractivity contribution in [2.75, 3.05) is 40.4 Å². The molecule has 1 atom stereocenters. The Morgan fingerprint density at radius 2 is 2.03 bits per heavy atom. The second kappa shape index (κ2) is 9.25. The molecule has 160 valence electrons. The van der Waals surface area contributed by atoms with Gasteiger partial charge in [0.1, 0.15) is 11.9 Å². The Labute approximate surface area is 173 Å². The van der Waals surface area contributed by atoms with E-state index in [2.05, 4.69) is 36.2 Å². The van der Waals surface area contributed by atoms with Crippen molar-refractivity contribution in [1.82, 2.24) is 18.8 Å². The molecule has 2 aromatic rings. The molecule has 1 N–H and O–H groups in total. The first-order valence-corrected chi connectivity index (χ1v) is 11.2. The van der Waals surface area contributed by atoms with Gasteiger partial charge in [-0.25, -0.2) is 0 Å². The first-order valence-electron chi connectivity index (χ1n) is 9.83. The number of benzene rings is 1. The average molecular weight is 423 g/mol. The molecule has 0 bridgehead atoms. The van der Waals surface area contributed by atoms with E-state index in [0.29, 0.717) is 37.8 Å². The summed E-state index contributed by atoms with van der Waals surface area (Å²) in [6, 6.07) is 10.1. The van der Waals surface area contributed by atoms with Gasteiger partial charge < -0.3 is 9.47 Å². The van der Waals surface area contributed by atoms with Crippen molar-refractivity contribution in [3.8, 4) is 5.75 Å². The minimum absolute atomic E-state index is 0.253. The van der Waals surface area contributed by atoms with Crippen molar-refractivity contribution in [2.24, 2.45) is 0 Å². The Bertz CT molecular complexity index is 893. The van der Waals surface area contributed by atoms with Crippen LogP contribution in [-0.4, -0.2) is 67.6 Å². The van der Waals surface area contributed by atoms with Crippen LogP contribution in [0.25, 0.3) is 0 Å². The smallest absolute Gasteiger partial charge is 0.281 e. The number of hydrogen-bond donors (Lipinski definition) is 1. The molecular weight excluding hydrogens is 392 g/mol. The van der Waals surface area contributed by atoms with Gasteiger partial charge in [0.25, 0.3) is 10.2 Å².